The van der Waals surface area contributed by atoms with Gasteiger partial charge in [-0.3, -0.25) is 4.90 Å². The van der Waals surface area contributed by atoms with Crippen LogP contribution in [0.4, 0.5) is 29.5 Å². The van der Waals surface area contributed by atoms with Gasteiger partial charge >= 0.3 is 12.3 Å². The summed E-state index contributed by atoms with van der Waals surface area (Å²) in [6.07, 6.45) is -3.46. The lowest BCUT2D eigenvalue weighted by Gasteiger charge is -2.40. The minimum Gasteiger partial charge on any atom is -0.442 e. The zero-order valence-electron chi connectivity index (χ0n) is 18.5. The summed E-state index contributed by atoms with van der Waals surface area (Å²) in [5.41, 5.74) is 1.64. The molecule has 33 heavy (non-hydrogen) atoms. The molecule has 3 aliphatic rings. The lowest BCUT2D eigenvalue weighted by atomic mass is 10.1. The Morgan fingerprint density at radius 3 is 2.52 bits per heavy atom. The second kappa shape index (κ2) is 8.03. The van der Waals surface area contributed by atoms with E-state index in [1.807, 2.05) is 6.92 Å². The molecule has 0 spiro atoms. The minimum absolute atomic E-state index is 0.292. The Morgan fingerprint density at radius 1 is 1.12 bits per heavy atom. The van der Waals surface area contributed by atoms with Crippen molar-refractivity contribution in [2.24, 2.45) is 0 Å². The van der Waals surface area contributed by atoms with Gasteiger partial charge in [0.25, 0.3) is 0 Å². The predicted molar refractivity (Wildman–Crippen MR) is 114 cm³/mol. The van der Waals surface area contributed by atoms with Crippen LogP contribution in [-0.2, 0) is 30.4 Å². The summed E-state index contributed by atoms with van der Waals surface area (Å²) >= 11 is 0. The average molecular weight is 462 g/mol. The van der Waals surface area contributed by atoms with Crippen LogP contribution in [0.1, 0.15) is 41.8 Å². The number of aryl methyl sites for hydroxylation is 2. The quantitative estimate of drug-likeness (QED) is 0.690. The van der Waals surface area contributed by atoms with E-state index in [0.717, 1.165) is 54.9 Å². The summed E-state index contributed by atoms with van der Waals surface area (Å²) < 4.78 is 44.8. The van der Waals surface area contributed by atoms with Gasteiger partial charge in [-0.1, -0.05) is 6.92 Å². The van der Waals surface area contributed by atoms with Crippen molar-refractivity contribution in [3.8, 4) is 0 Å². The number of anilines is 2. The Morgan fingerprint density at radius 2 is 1.88 bits per heavy atom. The summed E-state index contributed by atoms with van der Waals surface area (Å²) in [7, 11) is 0. The standard InChI is InChI=1S/C22H25F3N6O2/c1-3-19-27-17-12-31(11-16(17)20(28-19)29-5-4-6-29)21(32)33-15-9-30(10-15)14-7-13(2)26-18(8-14)22(23,24)25/h7-8,15H,3-6,9-12H2,1-2H3. The molecule has 3 aliphatic heterocycles. The number of hydrogen-bond donors (Lipinski definition) is 0. The van der Waals surface area contributed by atoms with Gasteiger partial charge < -0.3 is 14.5 Å². The van der Waals surface area contributed by atoms with E-state index >= 15 is 0 Å². The van der Waals surface area contributed by atoms with Gasteiger partial charge in [-0.25, -0.2) is 19.7 Å². The van der Waals surface area contributed by atoms with Crippen LogP contribution in [0, 0.1) is 6.92 Å². The number of carbonyl (C=O) groups excluding carboxylic acids is 1. The molecule has 1 amide bonds. The van der Waals surface area contributed by atoms with E-state index in [1.54, 1.807) is 15.9 Å². The molecule has 176 valence electrons. The maximum Gasteiger partial charge on any atom is 0.433 e. The highest BCUT2D eigenvalue weighted by atomic mass is 19.4. The Labute approximate surface area is 189 Å². The Kier molecular flexibility index (Phi) is 5.29. The Balaban J connectivity index is 1.21. The highest BCUT2D eigenvalue weighted by Crippen LogP contribution is 2.34. The van der Waals surface area contributed by atoms with Gasteiger partial charge in [0, 0.05) is 36.5 Å². The molecule has 0 radical (unpaired) electrons. The van der Waals surface area contributed by atoms with Crippen LogP contribution in [0.2, 0.25) is 0 Å². The summed E-state index contributed by atoms with van der Waals surface area (Å²) in [5, 5.41) is 0. The third-order valence-electron chi connectivity index (χ3n) is 6.25. The second-order valence-corrected chi connectivity index (χ2v) is 8.70. The number of aromatic nitrogens is 3. The van der Waals surface area contributed by atoms with Crippen LogP contribution in [0.15, 0.2) is 12.1 Å². The normalized spacial score (nSPS) is 18.2. The minimum atomic E-state index is -4.50. The van der Waals surface area contributed by atoms with Gasteiger partial charge in [-0.15, -0.1) is 0 Å². The molecule has 2 aromatic heterocycles. The van der Waals surface area contributed by atoms with E-state index in [1.165, 1.54) is 6.92 Å². The van der Waals surface area contributed by atoms with E-state index in [-0.39, 0.29) is 6.10 Å². The highest BCUT2D eigenvalue weighted by molar-refractivity contribution is 5.70. The maximum atomic E-state index is 13.1. The molecule has 0 N–H and O–H groups in total. The van der Waals surface area contributed by atoms with Crippen molar-refractivity contribution < 1.29 is 22.7 Å². The van der Waals surface area contributed by atoms with Crippen molar-refractivity contribution in [1.82, 2.24) is 19.9 Å². The van der Waals surface area contributed by atoms with Crippen molar-refractivity contribution in [2.45, 2.75) is 52.1 Å². The first kappa shape index (κ1) is 21.7. The van der Waals surface area contributed by atoms with E-state index in [0.29, 0.717) is 37.6 Å². The van der Waals surface area contributed by atoms with Crippen LogP contribution in [-0.4, -0.2) is 58.2 Å². The topological polar surface area (TPSA) is 74.7 Å². The monoisotopic (exact) mass is 462 g/mol. The maximum absolute atomic E-state index is 13.1. The number of rotatable bonds is 4. The number of alkyl halides is 3. The summed E-state index contributed by atoms with van der Waals surface area (Å²) in [6.45, 7) is 6.91. The van der Waals surface area contributed by atoms with Crippen molar-refractivity contribution >= 4 is 17.6 Å². The summed E-state index contributed by atoms with van der Waals surface area (Å²) in [6, 6.07) is 2.63. The molecule has 2 fully saturated rings. The van der Waals surface area contributed by atoms with Gasteiger partial charge in [0.1, 0.15) is 23.4 Å². The fourth-order valence-corrected chi connectivity index (χ4v) is 4.28. The van der Waals surface area contributed by atoms with Crippen molar-refractivity contribution in [3.05, 3.63) is 40.6 Å². The molecular weight excluding hydrogens is 437 g/mol. The Bertz CT molecular complexity index is 1080. The van der Waals surface area contributed by atoms with Crippen LogP contribution in [0.3, 0.4) is 0 Å². The van der Waals surface area contributed by atoms with E-state index in [9.17, 15) is 18.0 Å². The molecule has 0 aliphatic carbocycles. The first-order valence-electron chi connectivity index (χ1n) is 11.1. The highest BCUT2D eigenvalue weighted by Gasteiger charge is 2.38. The zero-order valence-corrected chi connectivity index (χ0v) is 18.5. The lowest BCUT2D eigenvalue weighted by molar-refractivity contribution is -0.141. The SMILES string of the molecule is CCc1nc2c(c(N3CCC3)n1)CN(C(=O)OC1CN(c3cc(C)nc(C(F)(F)F)c3)C1)C2. The van der Waals surface area contributed by atoms with Crippen molar-refractivity contribution in [1.29, 1.82) is 0 Å². The molecule has 0 atom stereocenters. The van der Waals surface area contributed by atoms with Gasteiger partial charge in [-0.05, 0) is 25.5 Å². The first-order valence-corrected chi connectivity index (χ1v) is 11.1. The van der Waals surface area contributed by atoms with Crippen LogP contribution < -0.4 is 9.80 Å². The molecule has 2 aromatic rings. The van der Waals surface area contributed by atoms with E-state index < -0.39 is 18.0 Å². The smallest absolute Gasteiger partial charge is 0.433 e. The van der Waals surface area contributed by atoms with E-state index in [4.69, 9.17) is 4.74 Å². The van der Waals surface area contributed by atoms with E-state index in [2.05, 4.69) is 19.9 Å². The number of carbonyl (C=O) groups is 1. The van der Waals surface area contributed by atoms with Crippen LogP contribution in [0.25, 0.3) is 0 Å². The largest absolute Gasteiger partial charge is 0.442 e. The number of ether oxygens (including phenoxy) is 1. The third-order valence-corrected chi connectivity index (χ3v) is 6.25. The Hall–Kier alpha value is -3.11. The fraction of sp³-hybridized carbons (Fsp3) is 0.545. The number of halogens is 3. The zero-order chi connectivity index (χ0) is 23.3. The molecule has 8 nitrogen and oxygen atoms in total. The van der Waals surface area contributed by atoms with Gasteiger partial charge in [0.15, 0.2) is 0 Å². The summed E-state index contributed by atoms with van der Waals surface area (Å²) in [4.78, 5) is 31.2. The number of fused-ring (bicyclic) bond motifs is 1. The van der Waals surface area contributed by atoms with Crippen LogP contribution >= 0.6 is 0 Å². The molecule has 0 aromatic carbocycles. The molecule has 11 heteroatoms. The van der Waals surface area contributed by atoms with Crippen molar-refractivity contribution in [3.63, 3.8) is 0 Å². The number of pyridine rings is 1. The molecular formula is C22H25F3N6O2. The van der Waals surface area contributed by atoms with Gasteiger partial charge in [0.05, 0.1) is 31.9 Å². The molecule has 0 saturated carbocycles. The molecule has 0 bridgehead atoms. The predicted octanol–water partition coefficient (Wildman–Crippen LogP) is 3.31. The lowest BCUT2D eigenvalue weighted by Crippen LogP contribution is -2.54. The van der Waals surface area contributed by atoms with Crippen molar-refractivity contribution in [2.75, 3.05) is 36.0 Å². The first-order chi connectivity index (χ1) is 15.7. The van der Waals surface area contributed by atoms with Gasteiger partial charge in [0.2, 0.25) is 0 Å². The number of nitrogens with zero attached hydrogens (tertiary/aromatic N) is 6. The average Bonchev–Trinajstić information content (AvgIpc) is 3.12. The third kappa shape index (κ3) is 4.16. The van der Waals surface area contributed by atoms with Crippen LogP contribution in [0.5, 0.6) is 0 Å². The molecule has 0 unspecified atom stereocenters. The van der Waals surface area contributed by atoms with Gasteiger partial charge in [-0.2, -0.15) is 13.2 Å². The molecule has 5 heterocycles. The molecule has 5 rings (SSSR count). The summed E-state index contributed by atoms with van der Waals surface area (Å²) in [5.74, 6) is 1.69. The number of hydrogen-bond acceptors (Lipinski definition) is 7. The second-order valence-electron chi connectivity index (χ2n) is 8.70. The number of amides is 1. The molecule has 2 saturated heterocycles. The fourth-order valence-electron chi connectivity index (χ4n) is 4.28.